The van der Waals surface area contributed by atoms with Crippen LogP contribution in [0.1, 0.15) is 35.2 Å². The molecule has 3 aliphatic rings. The lowest BCUT2D eigenvalue weighted by Gasteiger charge is -2.38. The number of benzene rings is 1. The second-order valence-corrected chi connectivity index (χ2v) is 6.64. The van der Waals surface area contributed by atoms with E-state index in [2.05, 4.69) is 6.58 Å². The number of hydrogen-bond donors (Lipinski definition) is 0. The van der Waals surface area contributed by atoms with Crippen molar-refractivity contribution in [1.29, 1.82) is 0 Å². The molecule has 0 unspecified atom stereocenters. The summed E-state index contributed by atoms with van der Waals surface area (Å²) in [5, 5.41) is 0. The average Bonchev–Trinajstić information content (AvgIpc) is 3.26. The third-order valence-electron chi connectivity index (χ3n) is 5.16. The molecule has 0 saturated carbocycles. The first-order chi connectivity index (χ1) is 12.2. The molecule has 0 aliphatic carbocycles. The van der Waals surface area contributed by atoms with Crippen molar-refractivity contribution in [2.45, 2.75) is 31.6 Å². The minimum atomic E-state index is -0.348. The minimum Gasteiger partial charge on any atom is -0.348 e. The summed E-state index contributed by atoms with van der Waals surface area (Å²) in [7, 11) is 0. The monoisotopic (exact) mass is 342 g/mol. The van der Waals surface area contributed by atoms with Crippen molar-refractivity contribution >= 4 is 17.5 Å². The molecule has 6 nitrogen and oxygen atoms in total. The largest absolute Gasteiger partial charge is 0.348 e. The number of nitrogens with zero attached hydrogens (tertiary/aromatic N) is 2. The van der Waals surface area contributed by atoms with Gasteiger partial charge in [-0.2, -0.15) is 0 Å². The standard InChI is InChI=1S/C19H22N2O4/c1-13-14-6-2-3-7-15(14)18(23)21(13)12-17(22)20-9-5-4-8-16(20)19-24-10-11-25-19/h2-3,6-7,16,19H,1,4-5,8-12H2/t16-/m0/s1. The molecule has 2 saturated heterocycles. The molecule has 2 amide bonds. The third kappa shape index (κ3) is 2.85. The number of rotatable bonds is 3. The van der Waals surface area contributed by atoms with Gasteiger partial charge in [0.15, 0.2) is 6.29 Å². The van der Waals surface area contributed by atoms with Crippen molar-refractivity contribution in [3.8, 4) is 0 Å². The van der Waals surface area contributed by atoms with Gasteiger partial charge in [-0.15, -0.1) is 0 Å². The smallest absolute Gasteiger partial charge is 0.259 e. The average molecular weight is 342 g/mol. The molecule has 0 spiro atoms. The van der Waals surface area contributed by atoms with Gasteiger partial charge in [-0.3, -0.25) is 14.5 Å². The molecule has 132 valence electrons. The van der Waals surface area contributed by atoms with Crippen LogP contribution in [0.4, 0.5) is 0 Å². The van der Waals surface area contributed by atoms with Gasteiger partial charge < -0.3 is 14.4 Å². The summed E-state index contributed by atoms with van der Waals surface area (Å²) in [5.74, 6) is -0.234. The van der Waals surface area contributed by atoms with E-state index in [1.807, 2.05) is 23.1 Å². The fourth-order valence-corrected chi connectivity index (χ4v) is 3.88. The van der Waals surface area contributed by atoms with Crippen LogP contribution >= 0.6 is 0 Å². The SMILES string of the molecule is C=C1c2ccccc2C(=O)N1CC(=O)N1CCCC[C@H]1C1OCCO1. The zero-order valence-corrected chi connectivity index (χ0v) is 14.1. The Morgan fingerprint density at radius 3 is 2.60 bits per heavy atom. The van der Waals surface area contributed by atoms with E-state index in [-0.39, 0.29) is 30.7 Å². The summed E-state index contributed by atoms with van der Waals surface area (Å²) in [4.78, 5) is 28.9. The van der Waals surface area contributed by atoms with Gasteiger partial charge in [0.05, 0.1) is 19.3 Å². The minimum absolute atomic E-state index is 0.00949. The molecule has 0 N–H and O–H groups in total. The molecule has 6 heteroatoms. The molecule has 4 rings (SSSR count). The van der Waals surface area contributed by atoms with E-state index < -0.39 is 0 Å². The van der Waals surface area contributed by atoms with Crippen molar-refractivity contribution < 1.29 is 19.1 Å². The molecule has 1 aromatic rings. The van der Waals surface area contributed by atoms with E-state index >= 15 is 0 Å². The maximum Gasteiger partial charge on any atom is 0.259 e. The van der Waals surface area contributed by atoms with Gasteiger partial charge in [-0.1, -0.05) is 24.8 Å². The van der Waals surface area contributed by atoms with Crippen LogP contribution in [-0.2, 0) is 14.3 Å². The summed E-state index contributed by atoms with van der Waals surface area (Å²) in [6, 6.07) is 7.27. The van der Waals surface area contributed by atoms with Crippen LogP contribution in [0.25, 0.3) is 5.70 Å². The van der Waals surface area contributed by atoms with Crippen molar-refractivity contribution in [3.05, 3.63) is 42.0 Å². The number of carbonyl (C=O) groups excluding carboxylic acids is 2. The van der Waals surface area contributed by atoms with Gasteiger partial charge in [0.25, 0.3) is 5.91 Å². The normalized spacial score (nSPS) is 24.1. The highest BCUT2D eigenvalue weighted by molar-refractivity contribution is 6.10. The highest BCUT2D eigenvalue weighted by Crippen LogP contribution is 2.32. The van der Waals surface area contributed by atoms with Gasteiger partial charge in [0.1, 0.15) is 6.54 Å². The van der Waals surface area contributed by atoms with Crippen molar-refractivity contribution in [1.82, 2.24) is 9.80 Å². The van der Waals surface area contributed by atoms with Gasteiger partial charge in [-0.05, 0) is 25.3 Å². The van der Waals surface area contributed by atoms with Crippen LogP contribution in [0.5, 0.6) is 0 Å². The molecule has 3 heterocycles. The summed E-state index contributed by atoms with van der Waals surface area (Å²) in [6.45, 7) is 5.83. The fraction of sp³-hybridized carbons (Fsp3) is 0.474. The molecular weight excluding hydrogens is 320 g/mol. The summed E-state index contributed by atoms with van der Waals surface area (Å²) in [6.07, 6.45) is 2.53. The van der Waals surface area contributed by atoms with Crippen LogP contribution in [0.2, 0.25) is 0 Å². The van der Waals surface area contributed by atoms with E-state index in [4.69, 9.17) is 9.47 Å². The maximum absolute atomic E-state index is 12.9. The van der Waals surface area contributed by atoms with E-state index in [1.54, 1.807) is 6.07 Å². The molecule has 1 aromatic carbocycles. The third-order valence-corrected chi connectivity index (χ3v) is 5.16. The molecule has 1 atom stereocenters. The molecular formula is C19H22N2O4. The lowest BCUT2D eigenvalue weighted by molar-refractivity contribution is -0.150. The van der Waals surface area contributed by atoms with Crippen LogP contribution in [0.15, 0.2) is 30.8 Å². The van der Waals surface area contributed by atoms with Crippen LogP contribution < -0.4 is 0 Å². The first kappa shape index (κ1) is 16.3. The van der Waals surface area contributed by atoms with Crippen LogP contribution in [0.3, 0.4) is 0 Å². The highest BCUT2D eigenvalue weighted by Gasteiger charge is 2.38. The zero-order valence-electron chi connectivity index (χ0n) is 14.1. The number of piperidine rings is 1. The summed E-state index contributed by atoms with van der Waals surface area (Å²) >= 11 is 0. The number of carbonyl (C=O) groups is 2. The second kappa shape index (κ2) is 6.61. The Balaban J connectivity index is 1.49. The summed E-state index contributed by atoms with van der Waals surface area (Å²) in [5.41, 5.74) is 2.01. The predicted molar refractivity (Wildman–Crippen MR) is 91.6 cm³/mol. The number of ether oxygens (including phenoxy) is 2. The van der Waals surface area contributed by atoms with Crippen LogP contribution in [0, 0.1) is 0 Å². The molecule has 3 aliphatic heterocycles. The Morgan fingerprint density at radius 2 is 1.88 bits per heavy atom. The lowest BCUT2D eigenvalue weighted by atomic mass is 10.0. The van der Waals surface area contributed by atoms with Gasteiger partial charge in [0, 0.05) is 23.4 Å². The number of amides is 2. The van der Waals surface area contributed by atoms with E-state index in [0.29, 0.717) is 31.0 Å². The Kier molecular flexibility index (Phi) is 4.31. The molecule has 0 bridgehead atoms. The van der Waals surface area contributed by atoms with E-state index in [1.165, 1.54) is 4.90 Å². The predicted octanol–water partition coefficient (Wildman–Crippen LogP) is 1.87. The number of likely N-dealkylation sites (tertiary alicyclic amines) is 1. The number of fused-ring (bicyclic) bond motifs is 1. The van der Waals surface area contributed by atoms with Gasteiger partial charge in [-0.25, -0.2) is 0 Å². The zero-order chi connectivity index (χ0) is 17.4. The lowest BCUT2D eigenvalue weighted by Crippen LogP contribution is -2.52. The molecule has 0 radical (unpaired) electrons. The number of hydrogen-bond acceptors (Lipinski definition) is 4. The molecule has 2 fully saturated rings. The highest BCUT2D eigenvalue weighted by atomic mass is 16.7. The van der Waals surface area contributed by atoms with Crippen molar-refractivity contribution in [2.24, 2.45) is 0 Å². The van der Waals surface area contributed by atoms with E-state index in [0.717, 1.165) is 24.8 Å². The maximum atomic E-state index is 12.9. The van der Waals surface area contributed by atoms with Gasteiger partial charge >= 0.3 is 0 Å². The quantitative estimate of drug-likeness (QED) is 0.841. The Labute approximate surface area is 147 Å². The van der Waals surface area contributed by atoms with E-state index in [9.17, 15) is 9.59 Å². The fourth-order valence-electron chi connectivity index (χ4n) is 3.88. The Morgan fingerprint density at radius 1 is 1.16 bits per heavy atom. The Hall–Kier alpha value is -2.18. The second-order valence-electron chi connectivity index (χ2n) is 6.64. The first-order valence-electron chi connectivity index (χ1n) is 8.79. The summed E-state index contributed by atoms with van der Waals surface area (Å²) < 4.78 is 11.2. The van der Waals surface area contributed by atoms with Crippen molar-refractivity contribution in [2.75, 3.05) is 26.3 Å². The topological polar surface area (TPSA) is 59.1 Å². The Bertz CT molecular complexity index is 676. The van der Waals surface area contributed by atoms with Crippen molar-refractivity contribution in [3.63, 3.8) is 0 Å². The molecule has 0 aromatic heterocycles. The van der Waals surface area contributed by atoms with Gasteiger partial charge in [0.2, 0.25) is 5.91 Å². The van der Waals surface area contributed by atoms with Crippen LogP contribution in [-0.4, -0.2) is 60.2 Å². The first-order valence-corrected chi connectivity index (χ1v) is 8.79. The molecule has 25 heavy (non-hydrogen) atoms.